The van der Waals surface area contributed by atoms with E-state index in [4.69, 9.17) is 11.5 Å². The number of carbonyl (C=O) groups is 6. The monoisotopic (exact) mass is 537 g/mol. The van der Waals surface area contributed by atoms with Gasteiger partial charge in [0.25, 0.3) is 0 Å². The molecule has 14 nitrogen and oxygen atoms in total. The van der Waals surface area contributed by atoms with Crippen LogP contribution in [0.4, 0.5) is 0 Å². The topological polar surface area (TPSA) is 251 Å². The van der Waals surface area contributed by atoms with Gasteiger partial charge in [-0.1, -0.05) is 32.4 Å². The number of rotatable bonds is 16. The maximum absolute atomic E-state index is 12.9. The summed E-state index contributed by atoms with van der Waals surface area (Å²) in [6.45, 7) is 3.33. The Bertz CT molecular complexity index is 1020. The molecule has 0 aromatic heterocycles. The van der Waals surface area contributed by atoms with Gasteiger partial charge in [-0.15, -0.1) is 0 Å². The number of hydrogen-bond donors (Lipinski definition) is 8. The molecule has 0 heterocycles. The lowest BCUT2D eigenvalue weighted by atomic mass is 9.98. The summed E-state index contributed by atoms with van der Waals surface area (Å²) in [5.41, 5.74) is 11.6. The summed E-state index contributed by atoms with van der Waals surface area (Å²) in [7, 11) is 0. The van der Waals surface area contributed by atoms with Crippen LogP contribution in [0, 0.1) is 5.92 Å². The molecule has 4 amide bonds. The fourth-order valence-electron chi connectivity index (χ4n) is 3.41. The third-order valence-electron chi connectivity index (χ3n) is 5.83. The average Bonchev–Trinajstić information content (AvgIpc) is 2.84. The first-order chi connectivity index (χ1) is 17.7. The van der Waals surface area contributed by atoms with Gasteiger partial charge in [-0.05, 0) is 36.5 Å². The molecule has 14 heteroatoms. The van der Waals surface area contributed by atoms with E-state index in [1.807, 2.05) is 0 Å². The summed E-state index contributed by atoms with van der Waals surface area (Å²) < 4.78 is 0. The number of phenols is 1. The zero-order valence-corrected chi connectivity index (χ0v) is 21.2. The zero-order valence-electron chi connectivity index (χ0n) is 21.2. The van der Waals surface area contributed by atoms with Gasteiger partial charge in [0.1, 0.15) is 23.9 Å². The van der Waals surface area contributed by atoms with E-state index >= 15 is 0 Å². The van der Waals surface area contributed by atoms with Crippen LogP contribution in [0.5, 0.6) is 5.75 Å². The van der Waals surface area contributed by atoms with E-state index in [-0.39, 0.29) is 25.0 Å². The van der Waals surface area contributed by atoms with Gasteiger partial charge in [-0.3, -0.25) is 24.0 Å². The molecule has 0 fully saturated rings. The molecule has 0 spiro atoms. The minimum Gasteiger partial charge on any atom is -0.508 e. The molecule has 10 N–H and O–H groups in total. The Kier molecular flexibility index (Phi) is 12.7. The second-order valence-corrected chi connectivity index (χ2v) is 8.91. The SMILES string of the molecule is CCC(C)C(NC(=O)C(CCC(N)=O)NC(=O)C(CC(=O)O)NC(=O)C(N)Cc1ccc(O)cc1)C(=O)O. The number of nitrogens with one attached hydrogen (secondary N) is 3. The van der Waals surface area contributed by atoms with Crippen molar-refractivity contribution in [3.05, 3.63) is 29.8 Å². The molecule has 0 radical (unpaired) electrons. The number of carboxylic acids is 2. The number of carbonyl (C=O) groups excluding carboxylic acids is 4. The second kappa shape index (κ2) is 15.1. The molecule has 0 aliphatic heterocycles. The second-order valence-electron chi connectivity index (χ2n) is 8.91. The Balaban J connectivity index is 3.03. The Hall–Kier alpha value is -4.20. The van der Waals surface area contributed by atoms with E-state index in [0.29, 0.717) is 12.0 Å². The van der Waals surface area contributed by atoms with Gasteiger partial charge in [0.2, 0.25) is 23.6 Å². The summed E-state index contributed by atoms with van der Waals surface area (Å²) in [6.07, 6.45) is -1.05. The largest absolute Gasteiger partial charge is 0.508 e. The molecule has 0 saturated carbocycles. The van der Waals surface area contributed by atoms with Crippen LogP contribution in [0.25, 0.3) is 0 Å². The molecule has 38 heavy (non-hydrogen) atoms. The lowest BCUT2D eigenvalue weighted by molar-refractivity contribution is -0.144. The van der Waals surface area contributed by atoms with E-state index < -0.39 is 72.1 Å². The molecule has 210 valence electrons. The standard InChI is InChI=1S/C24H35N5O9/c1-3-12(2)20(24(37)38)29-22(35)16(8-9-18(26)31)27-23(36)17(11-19(32)33)28-21(34)15(25)10-13-4-6-14(30)7-5-13/h4-7,12,15-17,20,30H,3,8-11,25H2,1-2H3,(H2,26,31)(H,27,36)(H,28,34)(H,29,35)(H,32,33)(H,37,38). The maximum Gasteiger partial charge on any atom is 0.326 e. The minimum absolute atomic E-state index is 0.0127. The van der Waals surface area contributed by atoms with Crippen LogP contribution in [0.1, 0.15) is 45.1 Å². The number of phenolic OH excluding ortho intramolecular Hbond substituents is 1. The molecule has 1 rings (SSSR count). The van der Waals surface area contributed by atoms with Gasteiger partial charge in [0.05, 0.1) is 12.5 Å². The number of primary amides is 1. The predicted molar refractivity (Wildman–Crippen MR) is 133 cm³/mol. The Morgan fingerprint density at radius 1 is 0.895 bits per heavy atom. The lowest BCUT2D eigenvalue weighted by Crippen LogP contribution is -2.58. The molecule has 0 aliphatic rings. The van der Waals surface area contributed by atoms with Crippen molar-refractivity contribution in [3.63, 3.8) is 0 Å². The highest BCUT2D eigenvalue weighted by molar-refractivity contribution is 5.96. The molecule has 5 atom stereocenters. The van der Waals surface area contributed by atoms with Gasteiger partial charge in [-0.2, -0.15) is 0 Å². The van der Waals surface area contributed by atoms with E-state index in [0.717, 1.165) is 0 Å². The van der Waals surface area contributed by atoms with Crippen LogP contribution in [0.2, 0.25) is 0 Å². The summed E-state index contributed by atoms with van der Waals surface area (Å²) >= 11 is 0. The summed E-state index contributed by atoms with van der Waals surface area (Å²) in [5, 5.41) is 34.9. The first kappa shape index (κ1) is 31.8. The molecular formula is C24H35N5O9. The number of carboxylic acid groups (broad SMARTS) is 2. The highest BCUT2D eigenvalue weighted by Gasteiger charge is 2.32. The summed E-state index contributed by atoms with van der Waals surface area (Å²) in [6, 6.07) is 0.324. The van der Waals surface area contributed by atoms with Crippen molar-refractivity contribution in [2.75, 3.05) is 0 Å². The number of hydrogen-bond acceptors (Lipinski definition) is 8. The number of aromatic hydroxyl groups is 1. The van der Waals surface area contributed by atoms with E-state index in [1.54, 1.807) is 13.8 Å². The van der Waals surface area contributed by atoms with Crippen molar-refractivity contribution < 1.29 is 44.1 Å². The Morgan fingerprint density at radius 2 is 1.45 bits per heavy atom. The van der Waals surface area contributed by atoms with E-state index in [9.17, 15) is 44.1 Å². The Morgan fingerprint density at radius 3 is 1.95 bits per heavy atom. The Labute approximate surface area is 219 Å². The third kappa shape index (κ3) is 10.8. The fraction of sp³-hybridized carbons (Fsp3) is 0.500. The highest BCUT2D eigenvalue weighted by Crippen LogP contribution is 2.12. The van der Waals surface area contributed by atoms with E-state index in [2.05, 4.69) is 16.0 Å². The van der Waals surface area contributed by atoms with Gasteiger partial charge in [-0.25, -0.2) is 4.79 Å². The normalized spacial score (nSPS) is 14.7. The van der Waals surface area contributed by atoms with Crippen LogP contribution in [0.3, 0.4) is 0 Å². The van der Waals surface area contributed by atoms with Crippen LogP contribution < -0.4 is 27.4 Å². The van der Waals surface area contributed by atoms with Crippen LogP contribution in [-0.4, -0.2) is 75.1 Å². The number of amides is 4. The first-order valence-electron chi connectivity index (χ1n) is 11.9. The molecule has 1 aromatic carbocycles. The molecule has 5 unspecified atom stereocenters. The molecule has 1 aromatic rings. The van der Waals surface area contributed by atoms with Gasteiger partial charge < -0.3 is 42.7 Å². The van der Waals surface area contributed by atoms with Crippen molar-refractivity contribution in [2.45, 2.75) is 70.1 Å². The van der Waals surface area contributed by atoms with Crippen molar-refractivity contribution in [2.24, 2.45) is 17.4 Å². The van der Waals surface area contributed by atoms with Crippen molar-refractivity contribution >= 4 is 35.6 Å². The van der Waals surface area contributed by atoms with Crippen molar-refractivity contribution in [3.8, 4) is 5.75 Å². The van der Waals surface area contributed by atoms with Crippen LogP contribution >= 0.6 is 0 Å². The van der Waals surface area contributed by atoms with Crippen molar-refractivity contribution in [1.29, 1.82) is 0 Å². The minimum atomic E-state index is -1.64. The lowest BCUT2D eigenvalue weighted by Gasteiger charge is -2.26. The zero-order chi connectivity index (χ0) is 29.0. The first-order valence-corrected chi connectivity index (χ1v) is 11.9. The van der Waals surface area contributed by atoms with Crippen molar-refractivity contribution in [1.82, 2.24) is 16.0 Å². The van der Waals surface area contributed by atoms with Gasteiger partial charge in [0, 0.05) is 6.42 Å². The smallest absolute Gasteiger partial charge is 0.326 e. The molecule has 0 saturated heterocycles. The number of aliphatic carboxylic acids is 2. The van der Waals surface area contributed by atoms with Crippen LogP contribution in [-0.2, 0) is 35.2 Å². The molecular weight excluding hydrogens is 502 g/mol. The third-order valence-corrected chi connectivity index (χ3v) is 5.83. The van der Waals surface area contributed by atoms with Crippen LogP contribution in [0.15, 0.2) is 24.3 Å². The molecule has 0 aliphatic carbocycles. The van der Waals surface area contributed by atoms with E-state index in [1.165, 1.54) is 24.3 Å². The quantitative estimate of drug-likeness (QED) is 0.122. The number of benzene rings is 1. The maximum atomic E-state index is 12.9. The summed E-state index contributed by atoms with van der Waals surface area (Å²) in [4.78, 5) is 72.6. The molecule has 0 bridgehead atoms. The fourth-order valence-corrected chi connectivity index (χ4v) is 3.41. The summed E-state index contributed by atoms with van der Waals surface area (Å²) in [5.74, 6) is -6.79. The average molecular weight is 538 g/mol. The predicted octanol–water partition coefficient (Wildman–Crippen LogP) is -1.41. The highest BCUT2D eigenvalue weighted by atomic mass is 16.4. The van der Waals surface area contributed by atoms with Gasteiger partial charge in [0.15, 0.2) is 0 Å². The number of nitrogens with two attached hydrogens (primary N) is 2. The van der Waals surface area contributed by atoms with Gasteiger partial charge >= 0.3 is 11.9 Å².